The molecule has 2 aromatic rings. The van der Waals surface area contributed by atoms with Crippen molar-refractivity contribution in [3.63, 3.8) is 0 Å². The van der Waals surface area contributed by atoms with Gasteiger partial charge in [0, 0.05) is 16.7 Å². The average molecular weight is 320 g/mol. The summed E-state index contributed by atoms with van der Waals surface area (Å²) in [6.45, 7) is 0.871. The molecule has 1 aliphatic carbocycles. The van der Waals surface area contributed by atoms with Gasteiger partial charge in [-0.15, -0.1) is 0 Å². The summed E-state index contributed by atoms with van der Waals surface area (Å²) in [5.74, 6) is 0. The van der Waals surface area contributed by atoms with E-state index in [0.29, 0.717) is 0 Å². The zero-order valence-corrected chi connectivity index (χ0v) is 12.7. The molecule has 0 bridgehead atoms. The molecule has 1 N–H and O–H groups in total. The second-order valence-corrected chi connectivity index (χ2v) is 5.93. The molecule has 100 valence electrons. The predicted molar refractivity (Wildman–Crippen MR) is 80.7 cm³/mol. The zero-order chi connectivity index (χ0) is 13.2. The van der Waals surface area contributed by atoms with Gasteiger partial charge in [0.2, 0.25) is 0 Å². The molecule has 1 heterocycles. The smallest absolute Gasteiger partial charge is 0.0997 e. The first-order valence-electron chi connectivity index (χ1n) is 6.78. The molecule has 0 saturated heterocycles. The molecule has 0 saturated carbocycles. The van der Waals surface area contributed by atoms with E-state index in [4.69, 9.17) is 0 Å². The number of hydrogen-bond donors (Lipinski definition) is 1. The maximum absolute atomic E-state index is 4.59. The number of aromatic nitrogens is 2. The van der Waals surface area contributed by atoms with Crippen LogP contribution in [0.5, 0.6) is 0 Å². The largest absolute Gasteiger partial charge is 0.316 e. The highest BCUT2D eigenvalue weighted by Gasteiger charge is 2.17. The molecule has 4 heteroatoms. The van der Waals surface area contributed by atoms with Crippen molar-refractivity contribution in [1.82, 2.24) is 14.9 Å². The van der Waals surface area contributed by atoms with Crippen molar-refractivity contribution in [3.8, 4) is 5.69 Å². The molecule has 3 nitrogen and oxygen atoms in total. The minimum Gasteiger partial charge on any atom is -0.316 e. The molecule has 1 aromatic heterocycles. The molecular formula is C15H18BrN3. The highest BCUT2D eigenvalue weighted by Crippen LogP contribution is 2.27. The van der Waals surface area contributed by atoms with Crippen molar-refractivity contribution < 1.29 is 0 Å². The van der Waals surface area contributed by atoms with Gasteiger partial charge in [-0.05, 0) is 50.4 Å². The maximum atomic E-state index is 4.59. The summed E-state index contributed by atoms with van der Waals surface area (Å²) >= 11 is 3.57. The normalized spacial score (nSPS) is 14.4. The predicted octanol–water partition coefficient (Wildman–Crippen LogP) is 3.23. The fourth-order valence-corrected chi connectivity index (χ4v) is 3.13. The van der Waals surface area contributed by atoms with Crippen molar-refractivity contribution in [1.29, 1.82) is 0 Å². The van der Waals surface area contributed by atoms with E-state index in [2.05, 4.69) is 49.0 Å². The Bertz CT molecular complexity index is 589. The number of fused-ring (bicyclic) bond motifs is 1. The Kier molecular flexibility index (Phi) is 3.71. The first-order valence-corrected chi connectivity index (χ1v) is 7.57. The van der Waals surface area contributed by atoms with Gasteiger partial charge in [-0.2, -0.15) is 0 Å². The summed E-state index contributed by atoms with van der Waals surface area (Å²) in [7, 11) is 1.98. The molecule has 3 rings (SSSR count). The Morgan fingerprint density at radius 1 is 1.32 bits per heavy atom. The van der Waals surface area contributed by atoms with Crippen molar-refractivity contribution >= 4 is 15.9 Å². The van der Waals surface area contributed by atoms with Gasteiger partial charge in [0.05, 0.1) is 17.7 Å². The summed E-state index contributed by atoms with van der Waals surface area (Å²) in [5, 5.41) is 3.24. The average Bonchev–Trinajstić information content (AvgIpc) is 2.85. The van der Waals surface area contributed by atoms with E-state index in [1.54, 1.807) is 0 Å². The number of imidazole rings is 1. The van der Waals surface area contributed by atoms with Crippen LogP contribution in [0.3, 0.4) is 0 Å². The Morgan fingerprint density at radius 2 is 2.16 bits per heavy atom. The number of nitrogens with zero attached hydrogens (tertiary/aromatic N) is 2. The quantitative estimate of drug-likeness (QED) is 0.941. The van der Waals surface area contributed by atoms with Gasteiger partial charge in [-0.3, -0.25) is 0 Å². The second kappa shape index (κ2) is 5.47. The van der Waals surface area contributed by atoms with Gasteiger partial charge in [-0.1, -0.05) is 22.0 Å². The molecule has 0 unspecified atom stereocenters. The van der Waals surface area contributed by atoms with Gasteiger partial charge < -0.3 is 9.88 Å². The van der Waals surface area contributed by atoms with Crippen molar-refractivity contribution in [3.05, 3.63) is 46.0 Å². The lowest BCUT2D eigenvalue weighted by Crippen LogP contribution is -2.12. The number of halogens is 1. The summed E-state index contributed by atoms with van der Waals surface area (Å²) in [4.78, 5) is 4.59. The van der Waals surface area contributed by atoms with Crippen LogP contribution in [0.1, 0.15) is 29.8 Å². The number of aryl methyl sites for hydroxylation is 1. The van der Waals surface area contributed by atoms with E-state index >= 15 is 0 Å². The zero-order valence-electron chi connectivity index (χ0n) is 11.1. The first-order chi connectivity index (χ1) is 9.29. The summed E-state index contributed by atoms with van der Waals surface area (Å²) in [6, 6.07) is 6.45. The molecule has 0 spiro atoms. The highest BCUT2D eigenvalue weighted by molar-refractivity contribution is 9.10. The topological polar surface area (TPSA) is 29.9 Å². The first kappa shape index (κ1) is 12.9. The van der Waals surface area contributed by atoms with E-state index in [9.17, 15) is 0 Å². The van der Waals surface area contributed by atoms with Crippen LogP contribution in [0.15, 0.2) is 29.0 Å². The molecular weight excluding hydrogens is 302 g/mol. The Hall–Kier alpha value is -1.13. The summed E-state index contributed by atoms with van der Waals surface area (Å²) < 4.78 is 3.38. The Morgan fingerprint density at radius 3 is 3.00 bits per heavy atom. The lowest BCUT2D eigenvalue weighted by molar-refractivity contribution is 0.654. The number of rotatable bonds is 3. The van der Waals surface area contributed by atoms with Gasteiger partial charge in [-0.25, -0.2) is 4.98 Å². The van der Waals surface area contributed by atoms with Crippen LogP contribution in [-0.2, 0) is 19.4 Å². The maximum Gasteiger partial charge on any atom is 0.0997 e. The fraction of sp³-hybridized carbons (Fsp3) is 0.400. The molecule has 1 aromatic carbocycles. The van der Waals surface area contributed by atoms with E-state index < -0.39 is 0 Å². The standard InChI is InChI=1S/C15H18BrN3/c1-17-9-11-6-7-12(16)8-15(11)19-10-18-13-4-2-3-5-14(13)19/h6-8,10,17H,2-5,9H2,1H3. The number of benzene rings is 1. The van der Waals surface area contributed by atoms with Crippen LogP contribution in [-0.4, -0.2) is 16.6 Å². The van der Waals surface area contributed by atoms with Crippen LogP contribution >= 0.6 is 15.9 Å². The minimum absolute atomic E-state index is 0.871. The van der Waals surface area contributed by atoms with E-state index in [1.807, 2.05) is 13.4 Å². The molecule has 0 aliphatic heterocycles. The van der Waals surface area contributed by atoms with Crippen molar-refractivity contribution in [2.45, 2.75) is 32.2 Å². The monoisotopic (exact) mass is 319 g/mol. The van der Waals surface area contributed by atoms with Crippen LogP contribution in [0, 0.1) is 0 Å². The van der Waals surface area contributed by atoms with Gasteiger partial charge in [0.1, 0.15) is 0 Å². The lowest BCUT2D eigenvalue weighted by Gasteiger charge is -2.17. The fourth-order valence-electron chi connectivity index (χ4n) is 2.78. The third-order valence-corrected chi connectivity index (χ3v) is 4.20. The van der Waals surface area contributed by atoms with E-state index in [0.717, 1.165) is 23.9 Å². The van der Waals surface area contributed by atoms with E-state index in [-0.39, 0.29) is 0 Å². The minimum atomic E-state index is 0.871. The van der Waals surface area contributed by atoms with Gasteiger partial charge in [0.15, 0.2) is 0 Å². The second-order valence-electron chi connectivity index (χ2n) is 5.02. The molecule has 0 fully saturated rings. The van der Waals surface area contributed by atoms with Crippen LogP contribution in [0.25, 0.3) is 5.69 Å². The van der Waals surface area contributed by atoms with Crippen LogP contribution in [0.4, 0.5) is 0 Å². The lowest BCUT2D eigenvalue weighted by atomic mass is 10.0. The molecule has 0 amide bonds. The van der Waals surface area contributed by atoms with Crippen molar-refractivity contribution in [2.75, 3.05) is 7.05 Å². The SMILES string of the molecule is CNCc1ccc(Br)cc1-n1cnc2c1CCCC2. The van der Waals surface area contributed by atoms with Crippen molar-refractivity contribution in [2.24, 2.45) is 0 Å². The number of nitrogens with one attached hydrogen (secondary N) is 1. The molecule has 19 heavy (non-hydrogen) atoms. The molecule has 0 radical (unpaired) electrons. The molecule has 1 aliphatic rings. The Labute approximate surface area is 122 Å². The van der Waals surface area contributed by atoms with Gasteiger partial charge in [0.25, 0.3) is 0 Å². The third-order valence-electron chi connectivity index (χ3n) is 3.70. The van der Waals surface area contributed by atoms with Crippen LogP contribution < -0.4 is 5.32 Å². The Balaban J connectivity index is 2.10. The molecule has 0 atom stereocenters. The van der Waals surface area contributed by atoms with E-state index in [1.165, 1.54) is 35.5 Å². The summed E-state index contributed by atoms with van der Waals surface area (Å²) in [6.07, 6.45) is 6.79. The highest BCUT2D eigenvalue weighted by atomic mass is 79.9. The summed E-state index contributed by atoms with van der Waals surface area (Å²) in [5.41, 5.74) is 5.21. The number of hydrogen-bond acceptors (Lipinski definition) is 2. The van der Waals surface area contributed by atoms with Crippen LogP contribution in [0.2, 0.25) is 0 Å². The third kappa shape index (κ3) is 2.47. The van der Waals surface area contributed by atoms with Gasteiger partial charge >= 0.3 is 0 Å².